The minimum Gasteiger partial charge on any atom is -0.385 e. The van der Waals surface area contributed by atoms with Crippen molar-refractivity contribution < 1.29 is 9.47 Å². The molecule has 0 heterocycles. The van der Waals surface area contributed by atoms with Gasteiger partial charge in [0.05, 0.1) is 6.61 Å². The minimum absolute atomic E-state index is 0.740. The Bertz CT molecular complexity index is 111. The number of unbranched alkanes of at least 4 members (excludes halogenated alkanes) is 4. The van der Waals surface area contributed by atoms with Crippen molar-refractivity contribution in [3.8, 4) is 0 Å². The lowest BCUT2D eigenvalue weighted by Gasteiger charge is -1.98. The van der Waals surface area contributed by atoms with Gasteiger partial charge in [0.25, 0.3) is 0 Å². The SMILES string of the molecule is COC/C=C/CCCCCCOC. The monoisotopic (exact) mass is 186 g/mol. The highest BCUT2D eigenvalue weighted by atomic mass is 16.5. The molecule has 0 bridgehead atoms. The highest BCUT2D eigenvalue weighted by Gasteiger charge is 1.87. The lowest BCUT2D eigenvalue weighted by molar-refractivity contribution is 0.192. The second-order valence-corrected chi connectivity index (χ2v) is 3.12. The summed E-state index contributed by atoms with van der Waals surface area (Å²) in [6.45, 7) is 1.64. The molecule has 0 radical (unpaired) electrons. The van der Waals surface area contributed by atoms with Crippen LogP contribution in [-0.4, -0.2) is 27.4 Å². The summed E-state index contributed by atoms with van der Waals surface area (Å²) in [5.74, 6) is 0. The zero-order valence-corrected chi connectivity index (χ0v) is 8.92. The molecule has 2 nitrogen and oxygen atoms in total. The first-order valence-corrected chi connectivity index (χ1v) is 5.04. The van der Waals surface area contributed by atoms with Crippen molar-refractivity contribution in [1.82, 2.24) is 0 Å². The van der Waals surface area contributed by atoms with Gasteiger partial charge in [0.15, 0.2) is 0 Å². The quantitative estimate of drug-likeness (QED) is 0.407. The molecule has 0 atom stereocenters. The van der Waals surface area contributed by atoms with E-state index in [1.54, 1.807) is 14.2 Å². The molecular formula is C11H22O2. The Kier molecular flexibility index (Phi) is 11.4. The van der Waals surface area contributed by atoms with E-state index in [1.807, 2.05) is 0 Å². The van der Waals surface area contributed by atoms with Gasteiger partial charge in [0.2, 0.25) is 0 Å². The van der Waals surface area contributed by atoms with Crippen LogP contribution in [-0.2, 0) is 9.47 Å². The van der Waals surface area contributed by atoms with Crippen LogP contribution in [0.3, 0.4) is 0 Å². The Balaban J connectivity index is 2.91. The Morgan fingerprint density at radius 2 is 1.62 bits per heavy atom. The topological polar surface area (TPSA) is 18.5 Å². The molecule has 2 heteroatoms. The summed E-state index contributed by atoms with van der Waals surface area (Å²) in [5.41, 5.74) is 0. The molecule has 0 spiro atoms. The van der Waals surface area contributed by atoms with Crippen LogP contribution in [0.2, 0.25) is 0 Å². The number of hydrogen-bond donors (Lipinski definition) is 0. The van der Waals surface area contributed by atoms with Crippen LogP contribution in [0.1, 0.15) is 32.1 Å². The second kappa shape index (κ2) is 11.7. The first-order chi connectivity index (χ1) is 6.41. The molecule has 78 valence electrons. The zero-order valence-electron chi connectivity index (χ0n) is 8.92. The first kappa shape index (κ1) is 12.7. The van der Waals surface area contributed by atoms with Gasteiger partial charge in [0, 0.05) is 20.8 Å². The minimum atomic E-state index is 0.740. The fraction of sp³-hybridized carbons (Fsp3) is 0.818. The molecule has 0 aromatic heterocycles. The molecule has 0 aromatic carbocycles. The van der Waals surface area contributed by atoms with E-state index in [2.05, 4.69) is 12.2 Å². The van der Waals surface area contributed by atoms with E-state index in [0.29, 0.717) is 0 Å². The predicted octanol–water partition coefficient (Wildman–Crippen LogP) is 2.79. The van der Waals surface area contributed by atoms with E-state index in [4.69, 9.17) is 9.47 Å². The normalized spacial score (nSPS) is 11.2. The van der Waals surface area contributed by atoms with Crippen LogP contribution in [0, 0.1) is 0 Å². The van der Waals surface area contributed by atoms with E-state index in [1.165, 1.54) is 32.1 Å². The van der Waals surface area contributed by atoms with Crippen molar-refractivity contribution in [2.24, 2.45) is 0 Å². The van der Waals surface area contributed by atoms with E-state index < -0.39 is 0 Å². The molecule has 0 N–H and O–H groups in total. The van der Waals surface area contributed by atoms with Gasteiger partial charge in [-0.05, 0) is 19.3 Å². The van der Waals surface area contributed by atoms with Gasteiger partial charge in [-0.25, -0.2) is 0 Å². The summed E-state index contributed by atoms with van der Waals surface area (Å²) >= 11 is 0. The molecule has 0 amide bonds. The van der Waals surface area contributed by atoms with Crippen LogP contribution in [0.25, 0.3) is 0 Å². The molecular weight excluding hydrogens is 164 g/mol. The largest absolute Gasteiger partial charge is 0.385 e. The highest BCUT2D eigenvalue weighted by Crippen LogP contribution is 2.03. The number of hydrogen-bond acceptors (Lipinski definition) is 2. The molecule has 0 saturated carbocycles. The predicted molar refractivity (Wildman–Crippen MR) is 56.0 cm³/mol. The number of ether oxygens (including phenoxy) is 2. The Morgan fingerprint density at radius 1 is 0.846 bits per heavy atom. The van der Waals surface area contributed by atoms with Gasteiger partial charge in [0.1, 0.15) is 0 Å². The third-order valence-electron chi connectivity index (χ3n) is 1.90. The zero-order chi connectivity index (χ0) is 9.78. The van der Waals surface area contributed by atoms with Crippen LogP contribution >= 0.6 is 0 Å². The van der Waals surface area contributed by atoms with Crippen LogP contribution in [0.4, 0.5) is 0 Å². The summed E-state index contributed by atoms with van der Waals surface area (Å²) in [4.78, 5) is 0. The van der Waals surface area contributed by atoms with Gasteiger partial charge >= 0.3 is 0 Å². The maximum atomic E-state index is 4.97. The summed E-state index contributed by atoms with van der Waals surface area (Å²) in [7, 11) is 3.47. The summed E-state index contributed by atoms with van der Waals surface area (Å²) in [6, 6.07) is 0. The molecule has 0 rings (SSSR count). The first-order valence-electron chi connectivity index (χ1n) is 5.04. The van der Waals surface area contributed by atoms with E-state index in [-0.39, 0.29) is 0 Å². The summed E-state index contributed by atoms with van der Waals surface area (Å²) < 4.78 is 9.87. The van der Waals surface area contributed by atoms with Crippen molar-refractivity contribution in [3.63, 3.8) is 0 Å². The molecule has 0 aliphatic heterocycles. The lowest BCUT2D eigenvalue weighted by atomic mass is 10.1. The lowest BCUT2D eigenvalue weighted by Crippen LogP contribution is -1.87. The van der Waals surface area contributed by atoms with Crippen molar-refractivity contribution >= 4 is 0 Å². The number of allylic oxidation sites excluding steroid dienone is 1. The van der Waals surface area contributed by atoms with Crippen molar-refractivity contribution in [1.29, 1.82) is 0 Å². The third kappa shape index (κ3) is 11.7. The Labute approximate surface area is 81.9 Å². The maximum absolute atomic E-state index is 4.97. The highest BCUT2D eigenvalue weighted by molar-refractivity contribution is 4.80. The average molecular weight is 186 g/mol. The van der Waals surface area contributed by atoms with E-state index >= 15 is 0 Å². The van der Waals surface area contributed by atoms with Crippen LogP contribution in [0.15, 0.2) is 12.2 Å². The average Bonchev–Trinajstić information content (AvgIpc) is 2.16. The van der Waals surface area contributed by atoms with Gasteiger partial charge in [-0.1, -0.05) is 25.0 Å². The number of methoxy groups -OCH3 is 2. The molecule has 0 aliphatic carbocycles. The van der Waals surface area contributed by atoms with Gasteiger partial charge in [-0.15, -0.1) is 0 Å². The molecule has 13 heavy (non-hydrogen) atoms. The van der Waals surface area contributed by atoms with Crippen LogP contribution in [0.5, 0.6) is 0 Å². The fourth-order valence-corrected chi connectivity index (χ4v) is 1.14. The standard InChI is InChI=1S/C11H22O2/c1-12-10-8-6-4-3-5-7-9-11-13-2/h6,8H,3-5,7,9-11H2,1-2H3/b8-6+. The van der Waals surface area contributed by atoms with E-state index in [9.17, 15) is 0 Å². The second-order valence-electron chi connectivity index (χ2n) is 3.12. The summed E-state index contributed by atoms with van der Waals surface area (Å²) in [6.07, 6.45) is 10.5. The summed E-state index contributed by atoms with van der Waals surface area (Å²) in [5, 5.41) is 0. The van der Waals surface area contributed by atoms with Crippen LogP contribution < -0.4 is 0 Å². The fourth-order valence-electron chi connectivity index (χ4n) is 1.14. The van der Waals surface area contributed by atoms with Gasteiger partial charge < -0.3 is 9.47 Å². The van der Waals surface area contributed by atoms with Gasteiger partial charge in [-0.3, -0.25) is 0 Å². The molecule has 0 fully saturated rings. The third-order valence-corrected chi connectivity index (χ3v) is 1.90. The van der Waals surface area contributed by atoms with Crippen molar-refractivity contribution in [2.45, 2.75) is 32.1 Å². The van der Waals surface area contributed by atoms with Crippen molar-refractivity contribution in [3.05, 3.63) is 12.2 Å². The Hall–Kier alpha value is -0.340. The maximum Gasteiger partial charge on any atom is 0.0643 e. The number of rotatable bonds is 9. The molecule has 0 unspecified atom stereocenters. The Morgan fingerprint density at radius 3 is 2.31 bits per heavy atom. The molecule has 0 aliphatic rings. The molecule has 0 saturated heterocycles. The van der Waals surface area contributed by atoms with Crippen molar-refractivity contribution in [2.75, 3.05) is 27.4 Å². The van der Waals surface area contributed by atoms with E-state index in [0.717, 1.165) is 13.2 Å². The smallest absolute Gasteiger partial charge is 0.0643 e. The van der Waals surface area contributed by atoms with Gasteiger partial charge in [-0.2, -0.15) is 0 Å². The molecule has 0 aromatic rings.